The van der Waals surface area contributed by atoms with Crippen molar-refractivity contribution in [1.82, 2.24) is 15.0 Å². The van der Waals surface area contributed by atoms with Crippen molar-refractivity contribution in [1.29, 1.82) is 0 Å². The average molecular weight is 439 g/mol. The van der Waals surface area contributed by atoms with Crippen LogP contribution in [0.4, 0.5) is 5.82 Å². The summed E-state index contributed by atoms with van der Waals surface area (Å²) in [7, 11) is 0. The molecule has 0 radical (unpaired) electrons. The van der Waals surface area contributed by atoms with Crippen molar-refractivity contribution >= 4 is 17.6 Å². The smallest absolute Gasteiger partial charge is 0.303 e. The van der Waals surface area contributed by atoms with Crippen molar-refractivity contribution in [3.8, 4) is 0 Å². The number of unbranched alkanes of at least 4 members (excludes halogenated alkanes) is 1. The zero-order valence-electron chi connectivity index (χ0n) is 19.4. The molecule has 1 aliphatic rings. The van der Waals surface area contributed by atoms with Crippen LogP contribution >= 0.6 is 0 Å². The summed E-state index contributed by atoms with van der Waals surface area (Å²) in [6.07, 6.45) is 8.59. The van der Waals surface area contributed by atoms with E-state index >= 15 is 0 Å². The Morgan fingerprint density at radius 1 is 1.12 bits per heavy atom. The van der Waals surface area contributed by atoms with Gasteiger partial charge in [-0.25, -0.2) is 15.0 Å². The van der Waals surface area contributed by atoms with Gasteiger partial charge in [0.15, 0.2) is 0 Å². The Morgan fingerprint density at radius 3 is 2.56 bits per heavy atom. The molecule has 0 saturated carbocycles. The summed E-state index contributed by atoms with van der Waals surface area (Å²) in [6, 6.07) is 4.23. The summed E-state index contributed by atoms with van der Waals surface area (Å²) >= 11 is 0. The third kappa shape index (κ3) is 6.84. The molecule has 3 heterocycles. The summed E-state index contributed by atoms with van der Waals surface area (Å²) in [5, 5.41) is 12.7. The van der Waals surface area contributed by atoms with E-state index in [0.717, 1.165) is 50.2 Å². The minimum atomic E-state index is -0.921. The summed E-state index contributed by atoms with van der Waals surface area (Å²) < 4.78 is 0. The standard InChI is InChI=1S/C25H34N4O3/c1-25(2,3)24-27-15-19(16-28-24)18(14-22(31)32)13-21(30)9-5-4-8-20-11-10-17-7-6-12-26-23(17)29-20/h10-11,15-16,18H,4-9,12-14H2,1-3H3,(H,26,29)(H,31,32)/t18-/m0/s1. The molecule has 2 N–H and O–H groups in total. The van der Waals surface area contributed by atoms with Gasteiger partial charge in [0.25, 0.3) is 0 Å². The second-order valence-corrected chi connectivity index (χ2v) is 9.68. The highest BCUT2D eigenvalue weighted by Crippen LogP contribution is 2.26. The lowest BCUT2D eigenvalue weighted by molar-refractivity contribution is -0.137. The van der Waals surface area contributed by atoms with Gasteiger partial charge in [-0.2, -0.15) is 0 Å². The lowest BCUT2D eigenvalue weighted by Crippen LogP contribution is -2.17. The zero-order chi connectivity index (χ0) is 23.1. The second-order valence-electron chi connectivity index (χ2n) is 9.68. The Labute approximate surface area is 190 Å². The van der Waals surface area contributed by atoms with E-state index in [0.29, 0.717) is 17.8 Å². The number of fused-ring (bicyclic) bond motifs is 1. The zero-order valence-corrected chi connectivity index (χ0v) is 19.4. The molecule has 0 fully saturated rings. The number of hydrogen-bond donors (Lipinski definition) is 2. The first-order valence-corrected chi connectivity index (χ1v) is 11.5. The SMILES string of the molecule is CC(C)(C)c1ncc([C@H](CC(=O)O)CC(=O)CCCCc2ccc3c(n2)NCCC3)cn1. The van der Waals surface area contributed by atoms with Crippen molar-refractivity contribution in [2.45, 2.75) is 83.5 Å². The van der Waals surface area contributed by atoms with E-state index in [-0.39, 0.29) is 24.0 Å². The summed E-state index contributed by atoms with van der Waals surface area (Å²) in [6.45, 7) is 7.04. The topological polar surface area (TPSA) is 105 Å². The predicted molar refractivity (Wildman–Crippen MR) is 124 cm³/mol. The van der Waals surface area contributed by atoms with Gasteiger partial charge in [0.05, 0.1) is 6.42 Å². The Kier molecular flexibility index (Phi) is 7.94. The van der Waals surface area contributed by atoms with Gasteiger partial charge in [0.2, 0.25) is 0 Å². The van der Waals surface area contributed by atoms with Gasteiger partial charge in [0.1, 0.15) is 17.4 Å². The maximum atomic E-state index is 12.6. The summed E-state index contributed by atoms with van der Waals surface area (Å²) in [5.74, 6) is 0.460. The average Bonchev–Trinajstić information content (AvgIpc) is 2.75. The molecule has 2 aromatic heterocycles. The third-order valence-corrected chi connectivity index (χ3v) is 5.80. The van der Waals surface area contributed by atoms with E-state index in [2.05, 4.69) is 27.4 Å². The monoisotopic (exact) mass is 438 g/mol. The first kappa shape index (κ1) is 23.8. The molecule has 0 amide bonds. The van der Waals surface area contributed by atoms with E-state index in [1.54, 1.807) is 12.4 Å². The van der Waals surface area contributed by atoms with E-state index in [1.165, 1.54) is 5.56 Å². The van der Waals surface area contributed by atoms with Gasteiger partial charge < -0.3 is 10.4 Å². The fourth-order valence-corrected chi connectivity index (χ4v) is 3.97. The van der Waals surface area contributed by atoms with Gasteiger partial charge in [-0.3, -0.25) is 9.59 Å². The Bertz CT molecular complexity index is 935. The summed E-state index contributed by atoms with van der Waals surface area (Å²) in [4.78, 5) is 37.4. The quantitative estimate of drug-likeness (QED) is 0.528. The number of Topliss-reactive ketones (excluding diaryl/α,β-unsaturated/α-hetero) is 1. The molecule has 0 saturated heterocycles. The van der Waals surface area contributed by atoms with Crippen LogP contribution in [-0.2, 0) is 27.8 Å². The number of anilines is 1. The number of carbonyl (C=O) groups excluding carboxylic acids is 1. The predicted octanol–water partition coefficient (Wildman–Crippen LogP) is 4.46. The van der Waals surface area contributed by atoms with Crippen LogP contribution in [0.5, 0.6) is 0 Å². The second kappa shape index (κ2) is 10.7. The Hall–Kier alpha value is -2.83. The van der Waals surface area contributed by atoms with Crippen LogP contribution in [0.1, 0.15) is 87.9 Å². The normalized spacial score (nSPS) is 14.3. The number of aliphatic carboxylic acids is 1. The molecule has 7 heteroatoms. The summed E-state index contributed by atoms with van der Waals surface area (Å²) in [5.41, 5.74) is 2.85. The lowest BCUT2D eigenvalue weighted by Gasteiger charge is -2.18. The molecule has 0 spiro atoms. The van der Waals surface area contributed by atoms with Crippen molar-refractivity contribution in [3.05, 3.63) is 47.2 Å². The van der Waals surface area contributed by atoms with E-state index in [4.69, 9.17) is 4.98 Å². The molecule has 172 valence electrons. The first-order valence-electron chi connectivity index (χ1n) is 11.5. The maximum Gasteiger partial charge on any atom is 0.303 e. The fourth-order valence-electron chi connectivity index (χ4n) is 3.97. The van der Waals surface area contributed by atoms with Gasteiger partial charge in [0, 0.05) is 48.8 Å². The number of rotatable bonds is 10. The molecule has 3 rings (SSSR count). The number of ketones is 1. The number of pyridine rings is 1. The number of carbonyl (C=O) groups is 2. The third-order valence-electron chi connectivity index (χ3n) is 5.80. The van der Waals surface area contributed by atoms with Crippen molar-refractivity contribution in [2.75, 3.05) is 11.9 Å². The van der Waals surface area contributed by atoms with Gasteiger partial charge in [-0.15, -0.1) is 0 Å². The molecule has 2 aromatic rings. The number of carboxylic acid groups (broad SMARTS) is 1. The van der Waals surface area contributed by atoms with Crippen LogP contribution in [0.2, 0.25) is 0 Å². The largest absolute Gasteiger partial charge is 0.481 e. The highest BCUT2D eigenvalue weighted by atomic mass is 16.4. The van der Waals surface area contributed by atoms with Crippen LogP contribution in [0, 0.1) is 0 Å². The minimum Gasteiger partial charge on any atom is -0.481 e. The van der Waals surface area contributed by atoms with Crippen LogP contribution in [0.3, 0.4) is 0 Å². The number of aromatic nitrogens is 3. The van der Waals surface area contributed by atoms with Crippen LogP contribution < -0.4 is 5.32 Å². The van der Waals surface area contributed by atoms with Crippen LogP contribution in [0.25, 0.3) is 0 Å². The van der Waals surface area contributed by atoms with E-state index in [1.807, 2.05) is 20.8 Å². The van der Waals surface area contributed by atoms with E-state index in [9.17, 15) is 14.7 Å². The molecule has 1 atom stereocenters. The number of aryl methyl sites for hydroxylation is 2. The Balaban J connectivity index is 1.50. The molecule has 0 aliphatic carbocycles. The first-order chi connectivity index (χ1) is 15.2. The molecule has 0 bridgehead atoms. The number of carboxylic acids is 1. The van der Waals surface area contributed by atoms with Crippen LogP contribution in [-0.4, -0.2) is 38.4 Å². The van der Waals surface area contributed by atoms with Gasteiger partial charge in [-0.05, 0) is 49.3 Å². The minimum absolute atomic E-state index is 0.0798. The molecule has 7 nitrogen and oxygen atoms in total. The number of hydrogen-bond acceptors (Lipinski definition) is 6. The number of nitrogens with one attached hydrogen (secondary N) is 1. The number of nitrogens with zero attached hydrogens (tertiary/aromatic N) is 3. The lowest BCUT2D eigenvalue weighted by atomic mass is 9.90. The highest BCUT2D eigenvalue weighted by Gasteiger charge is 2.22. The van der Waals surface area contributed by atoms with Crippen molar-refractivity contribution in [3.63, 3.8) is 0 Å². The van der Waals surface area contributed by atoms with Crippen molar-refractivity contribution < 1.29 is 14.7 Å². The van der Waals surface area contributed by atoms with Crippen LogP contribution in [0.15, 0.2) is 24.5 Å². The fraction of sp³-hybridized carbons (Fsp3) is 0.560. The maximum absolute atomic E-state index is 12.6. The highest BCUT2D eigenvalue weighted by molar-refractivity contribution is 5.80. The molecular formula is C25H34N4O3. The molecule has 0 aromatic carbocycles. The molecule has 0 unspecified atom stereocenters. The van der Waals surface area contributed by atoms with Gasteiger partial charge in [-0.1, -0.05) is 26.8 Å². The van der Waals surface area contributed by atoms with Crippen molar-refractivity contribution in [2.24, 2.45) is 0 Å². The molecular weight excluding hydrogens is 404 g/mol. The van der Waals surface area contributed by atoms with Gasteiger partial charge >= 0.3 is 5.97 Å². The Morgan fingerprint density at radius 2 is 1.88 bits per heavy atom. The molecule has 32 heavy (non-hydrogen) atoms. The van der Waals surface area contributed by atoms with E-state index < -0.39 is 11.9 Å². The molecule has 1 aliphatic heterocycles.